The number of nitrogens with one attached hydrogen (secondary N) is 1. The monoisotopic (exact) mass is 590 g/mol. The Hall–Kier alpha value is -2.33. The standard InChI is InChI=1S/C31H41F3N4O2S/c1-21-18-24(20-37-14-3-4-27(37)39)19-22(2)26(21)10-17-41-38-15-12-30(13-16-38)29(40)35-28(36-30)25-7-5-23(6-8-25)9-11-31(32,33)34/h10,17-19,23,25H,3-9,11-16,20H2,1-2H3,(H,35,36,40)/b17-10+. The minimum atomic E-state index is -4.09. The summed E-state index contributed by atoms with van der Waals surface area (Å²) in [6.07, 6.45) is 3.58. The van der Waals surface area contributed by atoms with Gasteiger partial charge in [-0.25, -0.2) is 4.31 Å². The number of carbonyl (C=O) groups is 2. The van der Waals surface area contributed by atoms with E-state index in [0.717, 1.165) is 57.6 Å². The molecule has 1 aromatic carbocycles. The maximum Gasteiger partial charge on any atom is 0.389 e. The van der Waals surface area contributed by atoms with Crippen molar-refractivity contribution in [3.05, 3.63) is 39.8 Å². The molecule has 5 rings (SSSR count). The average molecular weight is 591 g/mol. The number of benzene rings is 1. The van der Waals surface area contributed by atoms with Gasteiger partial charge in [0.25, 0.3) is 5.91 Å². The molecule has 1 saturated carbocycles. The summed E-state index contributed by atoms with van der Waals surface area (Å²) < 4.78 is 40.0. The van der Waals surface area contributed by atoms with Crippen molar-refractivity contribution in [2.24, 2.45) is 16.8 Å². The fourth-order valence-corrected chi connectivity index (χ4v) is 7.59. The number of hydrogen-bond acceptors (Lipinski definition) is 5. The number of hydrogen-bond donors (Lipinski definition) is 1. The van der Waals surface area contributed by atoms with Crippen molar-refractivity contribution in [2.45, 2.75) is 96.3 Å². The van der Waals surface area contributed by atoms with Crippen molar-refractivity contribution in [2.75, 3.05) is 19.6 Å². The molecule has 3 heterocycles. The van der Waals surface area contributed by atoms with Gasteiger partial charge in [0.2, 0.25) is 5.91 Å². The molecule has 6 nitrogen and oxygen atoms in total. The van der Waals surface area contributed by atoms with Gasteiger partial charge in [-0.15, -0.1) is 0 Å². The molecule has 2 saturated heterocycles. The third-order valence-corrected chi connectivity index (χ3v) is 10.2. The number of nitrogens with zero attached hydrogens (tertiary/aromatic N) is 3. The molecule has 0 unspecified atom stereocenters. The number of amides is 2. The van der Waals surface area contributed by atoms with Crippen LogP contribution in [-0.2, 0) is 16.1 Å². The first-order chi connectivity index (χ1) is 19.5. The highest BCUT2D eigenvalue weighted by Gasteiger charge is 2.47. The first-order valence-electron chi connectivity index (χ1n) is 15.0. The van der Waals surface area contributed by atoms with Crippen molar-refractivity contribution in [1.82, 2.24) is 14.5 Å². The lowest BCUT2D eigenvalue weighted by Crippen LogP contribution is -2.47. The number of alkyl halides is 3. The molecule has 2 amide bonds. The summed E-state index contributed by atoms with van der Waals surface area (Å²) >= 11 is 1.66. The number of amidine groups is 1. The van der Waals surface area contributed by atoms with E-state index in [1.54, 1.807) is 11.9 Å². The van der Waals surface area contributed by atoms with Gasteiger partial charge in [0.05, 0.1) is 0 Å². The highest BCUT2D eigenvalue weighted by molar-refractivity contribution is 8.00. The van der Waals surface area contributed by atoms with E-state index in [4.69, 9.17) is 4.99 Å². The van der Waals surface area contributed by atoms with Gasteiger partial charge in [0, 0.05) is 44.9 Å². The van der Waals surface area contributed by atoms with Crippen molar-refractivity contribution in [1.29, 1.82) is 0 Å². The summed E-state index contributed by atoms with van der Waals surface area (Å²) in [5, 5.41) is 5.16. The molecule has 3 aliphatic heterocycles. The van der Waals surface area contributed by atoms with Crippen molar-refractivity contribution in [3.63, 3.8) is 0 Å². The van der Waals surface area contributed by atoms with Crippen molar-refractivity contribution < 1.29 is 22.8 Å². The number of likely N-dealkylation sites (tertiary alicyclic amines) is 1. The highest BCUT2D eigenvalue weighted by atomic mass is 32.2. The predicted octanol–water partition coefficient (Wildman–Crippen LogP) is 6.56. The lowest BCUT2D eigenvalue weighted by Gasteiger charge is -2.34. The molecule has 1 aliphatic carbocycles. The zero-order chi connectivity index (χ0) is 29.2. The number of carbonyl (C=O) groups excluding carboxylic acids is 2. The fourth-order valence-electron chi connectivity index (χ4n) is 6.82. The minimum absolute atomic E-state index is 0.0196. The summed E-state index contributed by atoms with van der Waals surface area (Å²) in [4.78, 5) is 31.9. The van der Waals surface area contributed by atoms with E-state index in [1.807, 2.05) is 4.90 Å². The lowest BCUT2D eigenvalue weighted by atomic mass is 9.79. The maximum atomic E-state index is 13.0. The first-order valence-corrected chi connectivity index (χ1v) is 15.8. The molecule has 10 heteroatoms. The van der Waals surface area contributed by atoms with E-state index in [0.29, 0.717) is 25.8 Å². The van der Waals surface area contributed by atoms with Gasteiger partial charge in [-0.05, 0) is 105 Å². The maximum absolute atomic E-state index is 13.0. The molecule has 0 aromatic heterocycles. The molecule has 0 bridgehead atoms. The molecule has 0 radical (unpaired) electrons. The molecule has 224 valence electrons. The molecular formula is C31H41F3N4O2S. The first kappa shape index (κ1) is 30.1. The number of halogens is 3. The van der Waals surface area contributed by atoms with Crippen molar-refractivity contribution >= 4 is 35.7 Å². The third kappa shape index (κ3) is 7.37. The van der Waals surface area contributed by atoms with Crippen LogP contribution in [-0.4, -0.2) is 58.2 Å². The SMILES string of the molecule is Cc1cc(CN2CCCC2=O)cc(C)c1/C=C/SN1CCC2(CC1)N=C(C1CCC(CCC(F)(F)F)CC1)NC2=O. The van der Waals surface area contributed by atoms with E-state index in [9.17, 15) is 22.8 Å². The van der Waals surface area contributed by atoms with Crippen LogP contribution in [0.4, 0.5) is 13.2 Å². The van der Waals surface area contributed by atoms with Crippen LogP contribution >= 0.6 is 11.9 Å². The number of rotatable bonds is 8. The molecule has 41 heavy (non-hydrogen) atoms. The van der Waals surface area contributed by atoms with Crippen LogP contribution in [0.5, 0.6) is 0 Å². The Morgan fingerprint density at radius 2 is 1.76 bits per heavy atom. The fraction of sp³-hybridized carbons (Fsp3) is 0.645. The smallest absolute Gasteiger partial charge is 0.338 e. The van der Waals surface area contributed by atoms with E-state index in [-0.39, 0.29) is 30.1 Å². The van der Waals surface area contributed by atoms with Gasteiger partial charge in [0.1, 0.15) is 11.4 Å². The summed E-state index contributed by atoms with van der Waals surface area (Å²) in [5.74, 6) is 1.23. The quantitative estimate of drug-likeness (QED) is 0.349. The van der Waals surface area contributed by atoms with Gasteiger partial charge in [-0.2, -0.15) is 13.2 Å². The van der Waals surface area contributed by atoms with E-state index in [2.05, 4.69) is 47.1 Å². The number of piperidine rings is 1. The van der Waals surface area contributed by atoms with Gasteiger partial charge in [0.15, 0.2) is 0 Å². The van der Waals surface area contributed by atoms with E-state index < -0.39 is 18.1 Å². The largest absolute Gasteiger partial charge is 0.389 e. The molecule has 4 aliphatic rings. The van der Waals surface area contributed by atoms with E-state index >= 15 is 0 Å². The Kier molecular flexibility index (Phi) is 9.19. The Labute approximate surface area is 245 Å². The Balaban J connectivity index is 1.10. The molecule has 1 spiro atoms. The normalized spacial score (nSPS) is 25.4. The Morgan fingerprint density at radius 3 is 2.37 bits per heavy atom. The molecule has 1 aromatic rings. The van der Waals surface area contributed by atoms with Gasteiger partial charge in [-0.1, -0.05) is 24.1 Å². The summed E-state index contributed by atoms with van der Waals surface area (Å²) in [6, 6.07) is 4.35. The lowest BCUT2D eigenvalue weighted by molar-refractivity contribution is -0.138. The second-order valence-electron chi connectivity index (χ2n) is 12.3. The Morgan fingerprint density at radius 1 is 1.07 bits per heavy atom. The zero-order valence-electron chi connectivity index (χ0n) is 24.1. The van der Waals surface area contributed by atoms with Crippen LogP contribution in [0.2, 0.25) is 0 Å². The van der Waals surface area contributed by atoms with Crippen LogP contribution in [0.1, 0.15) is 86.5 Å². The average Bonchev–Trinajstić information content (AvgIpc) is 3.47. The van der Waals surface area contributed by atoms with Crippen LogP contribution < -0.4 is 5.32 Å². The number of aryl methyl sites for hydroxylation is 2. The van der Waals surface area contributed by atoms with Crippen molar-refractivity contribution in [3.8, 4) is 0 Å². The van der Waals surface area contributed by atoms with Gasteiger partial charge < -0.3 is 10.2 Å². The summed E-state index contributed by atoms with van der Waals surface area (Å²) in [7, 11) is 0. The van der Waals surface area contributed by atoms with Crippen LogP contribution in [0, 0.1) is 25.7 Å². The summed E-state index contributed by atoms with van der Waals surface area (Å²) in [6.45, 7) is 7.25. The second-order valence-corrected chi connectivity index (χ2v) is 13.3. The van der Waals surface area contributed by atoms with Crippen LogP contribution in [0.25, 0.3) is 6.08 Å². The second kappa shape index (κ2) is 12.5. The van der Waals surface area contributed by atoms with Gasteiger partial charge >= 0.3 is 6.18 Å². The molecular weight excluding hydrogens is 549 g/mol. The Bertz CT molecular complexity index is 1180. The zero-order valence-corrected chi connectivity index (χ0v) is 24.9. The van der Waals surface area contributed by atoms with Crippen LogP contribution in [0.15, 0.2) is 22.5 Å². The molecule has 0 atom stereocenters. The number of aliphatic imine (C=N–C) groups is 1. The highest BCUT2D eigenvalue weighted by Crippen LogP contribution is 2.38. The molecule has 1 N–H and O–H groups in total. The van der Waals surface area contributed by atoms with Gasteiger partial charge in [-0.3, -0.25) is 14.6 Å². The third-order valence-electron chi connectivity index (χ3n) is 9.26. The predicted molar refractivity (Wildman–Crippen MR) is 157 cm³/mol. The minimum Gasteiger partial charge on any atom is -0.338 e. The van der Waals surface area contributed by atoms with Crippen LogP contribution in [0.3, 0.4) is 0 Å². The summed E-state index contributed by atoms with van der Waals surface area (Å²) in [5.41, 5.74) is 4.05. The van der Waals surface area contributed by atoms with E-state index in [1.165, 1.54) is 22.3 Å². The molecule has 3 fully saturated rings. The topological polar surface area (TPSA) is 65.0 Å².